The van der Waals surface area contributed by atoms with Crippen molar-refractivity contribution in [2.75, 3.05) is 32.8 Å². The molecule has 2 heterocycles. The lowest BCUT2D eigenvalue weighted by molar-refractivity contribution is 0.140. The molecule has 0 bridgehead atoms. The van der Waals surface area contributed by atoms with Crippen molar-refractivity contribution in [1.82, 2.24) is 4.90 Å². The summed E-state index contributed by atoms with van der Waals surface area (Å²) in [7, 11) is 0. The molecule has 1 saturated heterocycles. The van der Waals surface area contributed by atoms with Crippen molar-refractivity contribution in [2.24, 2.45) is 5.73 Å². The van der Waals surface area contributed by atoms with Gasteiger partial charge in [0.05, 0.1) is 13.2 Å². The molecule has 0 saturated carbocycles. The summed E-state index contributed by atoms with van der Waals surface area (Å²) in [5.41, 5.74) is 6.44. The van der Waals surface area contributed by atoms with Crippen LogP contribution in [0.4, 0.5) is 0 Å². The van der Waals surface area contributed by atoms with Crippen LogP contribution >= 0.6 is 11.3 Å². The van der Waals surface area contributed by atoms with Crippen molar-refractivity contribution < 1.29 is 4.74 Å². The van der Waals surface area contributed by atoms with Gasteiger partial charge in [0.25, 0.3) is 0 Å². The second-order valence-corrected chi connectivity index (χ2v) is 5.05. The van der Waals surface area contributed by atoms with Gasteiger partial charge >= 0.3 is 0 Å². The van der Waals surface area contributed by atoms with E-state index in [1.165, 1.54) is 4.88 Å². The Morgan fingerprint density at radius 1 is 1.41 bits per heavy atom. The molecule has 0 radical (unpaired) electrons. The first-order valence-corrected chi connectivity index (χ1v) is 6.83. The molecule has 0 aliphatic carbocycles. The third-order valence-electron chi connectivity index (χ3n) is 2.68. The quantitative estimate of drug-likeness (QED) is 0.804. The molecular weight excluding hydrogens is 232 g/mol. The summed E-state index contributed by atoms with van der Waals surface area (Å²) in [5, 5.41) is 2.10. The van der Waals surface area contributed by atoms with Gasteiger partial charge in [-0.15, -0.1) is 11.3 Å². The first-order chi connectivity index (χ1) is 8.38. The number of ether oxygens (including phenoxy) is 1. The van der Waals surface area contributed by atoms with Crippen molar-refractivity contribution >= 4 is 11.3 Å². The Kier molecular flexibility index (Phi) is 5.02. The Labute approximate surface area is 107 Å². The molecule has 2 N–H and O–H groups in total. The van der Waals surface area contributed by atoms with Gasteiger partial charge in [-0.05, 0) is 12.5 Å². The summed E-state index contributed by atoms with van der Waals surface area (Å²) < 4.78 is 5.45. The van der Waals surface area contributed by atoms with Gasteiger partial charge in [-0.25, -0.2) is 0 Å². The number of thiophene rings is 1. The predicted octanol–water partition coefficient (Wildman–Crippen LogP) is 1.28. The van der Waals surface area contributed by atoms with E-state index in [9.17, 15) is 0 Å². The highest BCUT2D eigenvalue weighted by atomic mass is 32.1. The maximum atomic E-state index is 5.45. The molecule has 4 heteroatoms. The molecular formula is C13H18N2OS. The third kappa shape index (κ3) is 4.14. The van der Waals surface area contributed by atoms with Crippen molar-refractivity contribution in [3.05, 3.63) is 21.9 Å². The minimum atomic E-state index is 0.425. The van der Waals surface area contributed by atoms with Crippen LogP contribution in [0.5, 0.6) is 0 Å². The lowest BCUT2D eigenvalue weighted by atomic mass is 10.3. The van der Waals surface area contributed by atoms with Gasteiger partial charge in [0.2, 0.25) is 0 Å². The van der Waals surface area contributed by atoms with Crippen LogP contribution in [-0.2, 0) is 11.3 Å². The van der Waals surface area contributed by atoms with E-state index in [1.54, 1.807) is 11.3 Å². The van der Waals surface area contributed by atoms with E-state index in [1.807, 2.05) is 0 Å². The van der Waals surface area contributed by atoms with Crippen LogP contribution in [0.3, 0.4) is 0 Å². The van der Waals surface area contributed by atoms with Crippen molar-refractivity contribution in [3.63, 3.8) is 0 Å². The maximum Gasteiger partial charge on any atom is 0.0593 e. The van der Waals surface area contributed by atoms with Gasteiger partial charge < -0.3 is 10.5 Å². The fourth-order valence-electron chi connectivity index (χ4n) is 1.86. The highest BCUT2D eigenvalue weighted by Crippen LogP contribution is 2.16. The first kappa shape index (κ1) is 12.6. The maximum absolute atomic E-state index is 5.45. The van der Waals surface area contributed by atoms with Gasteiger partial charge in [0, 0.05) is 42.1 Å². The largest absolute Gasteiger partial charge is 0.380 e. The van der Waals surface area contributed by atoms with E-state index in [2.05, 4.69) is 28.2 Å². The zero-order chi connectivity index (χ0) is 11.9. The van der Waals surface area contributed by atoms with Gasteiger partial charge in [-0.3, -0.25) is 4.90 Å². The number of hydrogen-bond acceptors (Lipinski definition) is 4. The number of nitrogens with two attached hydrogens (primary N) is 1. The molecule has 0 spiro atoms. The van der Waals surface area contributed by atoms with E-state index in [4.69, 9.17) is 10.5 Å². The number of rotatable bonds is 2. The number of nitrogens with zero attached hydrogens (tertiary/aromatic N) is 1. The standard InChI is InChI=1S/C13H18N2OS/c14-4-1-3-12-9-13(17-11-12)10-15-5-2-7-16-8-6-15/h9,11H,2,4-8,10,14H2. The van der Waals surface area contributed by atoms with Crippen molar-refractivity contribution in [1.29, 1.82) is 0 Å². The lowest BCUT2D eigenvalue weighted by Gasteiger charge is -2.17. The van der Waals surface area contributed by atoms with Crippen LogP contribution in [-0.4, -0.2) is 37.7 Å². The molecule has 17 heavy (non-hydrogen) atoms. The van der Waals surface area contributed by atoms with E-state index in [-0.39, 0.29) is 0 Å². The molecule has 1 aliphatic heterocycles. The summed E-state index contributed by atoms with van der Waals surface area (Å²) in [6.07, 6.45) is 1.13. The SMILES string of the molecule is NCC#Cc1csc(CN2CCCOCC2)c1. The van der Waals surface area contributed by atoms with E-state index in [0.717, 1.165) is 44.8 Å². The van der Waals surface area contributed by atoms with Crippen molar-refractivity contribution in [2.45, 2.75) is 13.0 Å². The summed E-state index contributed by atoms with van der Waals surface area (Å²) >= 11 is 1.77. The Hall–Kier alpha value is -0.860. The summed E-state index contributed by atoms with van der Waals surface area (Å²) in [5.74, 6) is 5.95. The van der Waals surface area contributed by atoms with Crippen molar-refractivity contribution in [3.8, 4) is 11.8 Å². The smallest absolute Gasteiger partial charge is 0.0593 e. The van der Waals surface area contributed by atoms with Crippen LogP contribution in [0.1, 0.15) is 16.9 Å². The molecule has 1 aromatic rings. The summed E-state index contributed by atoms with van der Waals surface area (Å²) in [4.78, 5) is 3.81. The predicted molar refractivity (Wildman–Crippen MR) is 71.0 cm³/mol. The second-order valence-electron chi connectivity index (χ2n) is 4.05. The van der Waals surface area contributed by atoms with Crippen LogP contribution in [0.25, 0.3) is 0 Å². The molecule has 1 fully saturated rings. The van der Waals surface area contributed by atoms with Gasteiger partial charge in [-0.1, -0.05) is 11.8 Å². The fraction of sp³-hybridized carbons (Fsp3) is 0.538. The molecule has 92 valence electrons. The lowest BCUT2D eigenvalue weighted by Crippen LogP contribution is -2.25. The van der Waals surface area contributed by atoms with Crippen LogP contribution < -0.4 is 5.73 Å². The van der Waals surface area contributed by atoms with E-state index >= 15 is 0 Å². The fourth-order valence-corrected chi connectivity index (χ4v) is 2.72. The molecule has 0 unspecified atom stereocenters. The normalized spacial score (nSPS) is 17.2. The van der Waals surface area contributed by atoms with Gasteiger partial charge in [0.15, 0.2) is 0 Å². The third-order valence-corrected chi connectivity index (χ3v) is 3.60. The monoisotopic (exact) mass is 250 g/mol. The Bertz CT molecular complexity index is 397. The first-order valence-electron chi connectivity index (χ1n) is 5.95. The van der Waals surface area contributed by atoms with Gasteiger partial charge in [-0.2, -0.15) is 0 Å². The minimum absolute atomic E-state index is 0.425. The Morgan fingerprint density at radius 2 is 2.35 bits per heavy atom. The topological polar surface area (TPSA) is 38.5 Å². The summed E-state index contributed by atoms with van der Waals surface area (Å²) in [6, 6.07) is 2.17. The van der Waals surface area contributed by atoms with Gasteiger partial charge in [0.1, 0.15) is 0 Å². The number of hydrogen-bond donors (Lipinski definition) is 1. The molecule has 0 atom stereocenters. The summed E-state index contributed by atoms with van der Waals surface area (Å²) in [6.45, 7) is 5.34. The Morgan fingerprint density at radius 3 is 3.24 bits per heavy atom. The zero-order valence-corrected chi connectivity index (χ0v) is 10.8. The molecule has 1 aromatic heterocycles. The Balaban J connectivity index is 1.91. The highest BCUT2D eigenvalue weighted by Gasteiger charge is 2.10. The average molecular weight is 250 g/mol. The molecule has 0 amide bonds. The van der Waals surface area contributed by atoms with Crippen LogP contribution in [0.15, 0.2) is 11.4 Å². The van der Waals surface area contributed by atoms with E-state index in [0.29, 0.717) is 6.54 Å². The molecule has 2 rings (SSSR count). The average Bonchev–Trinajstić information content (AvgIpc) is 2.61. The molecule has 3 nitrogen and oxygen atoms in total. The van der Waals surface area contributed by atoms with Crippen LogP contribution in [0.2, 0.25) is 0 Å². The van der Waals surface area contributed by atoms with Crippen LogP contribution in [0, 0.1) is 11.8 Å². The second kappa shape index (κ2) is 6.77. The minimum Gasteiger partial charge on any atom is -0.380 e. The zero-order valence-electron chi connectivity index (χ0n) is 9.95. The molecule has 0 aromatic carbocycles. The van der Waals surface area contributed by atoms with E-state index < -0.39 is 0 Å². The molecule has 1 aliphatic rings. The highest BCUT2D eigenvalue weighted by molar-refractivity contribution is 7.10.